The zero-order chi connectivity index (χ0) is 19.1. The lowest BCUT2D eigenvalue weighted by Crippen LogP contribution is -2.49. The molecule has 5 nitrogen and oxygen atoms in total. The summed E-state index contributed by atoms with van der Waals surface area (Å²) in [5.74, 6) is -1.13. The maximum atomic E-state index is 13.6. The van der Waals surface area contributed by atoms with Gasteiger partial charge < -0.3 is 15.4 Å². The molecular weight excluding hydrogens is 347 g/mol. The van der Waals surface area contributed by atoms with Gasteiger partial charge in [-0.3, -0.25) is 9.59 Å². The molecule has 0 bridgehead atoms. The van der Waals surface area contributed by atoms with Crippen molar-refractivity contribution in [2.24, 2.45) is 0 Å². The summed E-state index contributed by atoms with van der Waals surface area (Å²) >= 11 is 0. The van der Waals surface area contributed by atoms with Crippen molar-refractivity contribution >= 4 is 11.8 Å². The first-order valence-corrected chi connectivity index (χ1v) is 9.08. The van der Waals surface area contributed by atoms with Gasteiger partial charge in [0.2, 0.25) is 5.91 Å². The van der Waals surface area contributed by atoms with E-state index in [0.29, 0.717) is 26.1 Å². The van der Waals surface area contributed by atoms with Gasteiger partial charge in [0.1, 0.15) is 5.82 Å². The summed E-state index contributed by atoms with van der Waals surface area (Å²) < 4.78 is 19.1. The van der Waals surface area contributed by atoms with Crippen LogP contribution < -0.4 is 10.6 Å². The van der Waals surface area contributed by atoms with Crippen molar-refractivity contribution < 1.29 is 18.7 Å². The molecule has 142 valence electrons. The van der Waals surface area contributed by atoms with Gasteiger partial charge in [-0.05, 0) is 30.5 Å². The SMILES string of the molecule is O=C(NCCNC(=O)C1(c2ccccc2)CCOCC1)c1ccccc1F. The lowest BCUT2D eigenvalue weighted by Gasteiger charge is -2.36. The van der Waals surface area contributed by atoms with Crippen molar-refractivity contribution in [1.29, 1.82) is 0 Å². The Morgan fingerprint density at radius 3 is 2.26 bits per heavy atom. The molecule has 0 spiro atoms. The van der Waals surface area contributed by atoms with Crippen LogP contribution in [0.2, 0.25) is 0 Å². The van der Waals surface area contributed by atoms with Gasteiger partial charge in [0.05, 0.1) is 11.0 Å². The number of rotatable bonds is 6. The Morgan fingerprint density at radius 2 is 1.56 bits per heavy atom. The lowest BCUT2D eigenvalue weighted by atomic mass is 9.73. The highest BCUT2D eigenvalue weighted by molar-refractivity contribution is 5.94. The van der Waals surface area contributed by atoms with Crippen LogP contribution in [-0.2, 0) is 14.9 Å². The van der Waals surface area contributed by atoms with Gasteiger partial charge in [0, 0.05) is 26.3 Å². The Bertz CT molecular complexity index is 789. The third-order valence-electron chi connectivity index (χ3n) is 4.92. The van der Waals surface area contributed by atoms with Crippen LogP contribution in [0.1, 0.15) is 28.8 Å². The molecule has 0 unspecified atom stereocenters. The first-order chi connectivity index (χ1) is 13.1. The van der Waals surface area contributed by atoms with Gasteiger partial charge in [-0.2, -0.15) is 0 Å². The number of benzene rings is 2. The average Bonchev–Trinajstić information content (AvgIpc) is 2.72. The van der Waals surface area contributed by atoms with Gasteiger partial charge in [-0.25, -0.2) is 4.39 Å². The Morgan fingerprint density at radius 1 is 0.926 bits per heavy atom. The van der Waals surface area contributed by atoms with Crippen molar-refractivity contribution in [2.75, 3.05) is 26.3 Å². The summed E-state index contributed by atoms with van der Waals surface area (Å²) in [6.07, 6.45) is 1.23. The zero-order valence-electron chi connectivity index (χ0n) is 15.0. The third kappa shape index (κ3) is 4.34. The fourth-order valence-electron chi connectivity index (χ4n) is 3.39. The molecule has 0 atom stereocenters. The Kier molecular flexibility index (Phi) is 6.19. The van der Waals surface area contributed by atoms with Gasteiger partial charge >= 0.3 is 0 Å². The van der Waals surface area contributed by atoms with Crippen LogP contribution in [0.3, 0.4) is 0 Å². The number of hydrogen-bond acceptors (Lipinski definition) is 3. The molecule has 2 aromatic carbocycles. The molecule has 0 aliphatic carbocycles. The van der Waals surface area contributed by atoms with Gasteiger partial charge in [0.25, 0.3) is 5.91 Å². The first-order valence-electron chi connectivity index (χ1n) is 9.08. The van der Waals surface area contributed by atoms with E-state index in [1.165, 1.54) is 18.2 Å². The van der Waals surface area contributed by atoms with Crippen LogP contribution >= 0.6 is 0 Å². The molecule has 1 aliphatic heterocycles. The van der Waals surface area contributed by atoms with E-state index in [2.05, 4.69) is 10.6 Å². The topological polar surface area (TPSA) is 67.4 Å². The van der Waals surface area contributed by atoms with Gasteiger partial charge in [-0.15, -0.1) is 0 Å². The molecule has 1 saturated heterocycles. The number of amides is 2. The van der Waals surface area contributed by atoms with Gasteiger partial charge in [0.15, 0.2) is 0 Å². The van der Waals surface area contributed by atoms with Crippen LogP contribution in [0.4, 0.5) is 4.39 Å². The van der Waals surface area contributed by atoms with Crippen molar-refractivity contribution in [2.45, 2.75) is 18.3 Å². The van der Waals surface area contributed by atoms with E-state index in [4.69, 9.17) is 4.74 Å². The maximum Gasteiger partial charge on any atom is 0.254 e. The highest BCUT2D eigenvalue weighted by atomic mass is 19.1. The van der Waals surface area contributed by atoms with E-state index < -0.39 is 17.1 Å². The number of carbonyl (C=O) groups is 2. The molecule has 1 heterocycles. The van der Waals surface area contributed by atoms with Crippen LogP contribution in [-0.4, -0.2) is 38.1 Å². The van der Waals surface area contributed by atoms with Crippen LogP contribution in [0.15, 0.2) is 54.6 Å². The summed E-state index contributed by atoms with van der Waals surface area (Å²) in [5.41, 5.74) is 0.352. The standard InChI is InChI=1S/C21H23FN2O3/c22-18-9-5-4-8-17(18)19(25)23-12-13-24-20(26)21(10-14-27-15-11-21)16-6-2-1-3-7-16/h1-9H,10-15H2,(H,23,25)(H,24,26). The number of ether oxygens (including phenoxy) is 1. The molecule has 6 heteroatoms. The largest absolute Gasteiger partial charge is 0.381 e. The second kappa shape index (κ2) is 8.77. The van der Waals surface area contributed by atoms with Crippen molar-refractivity contribution in [3.63, 3.8) is 0 Å². The molecule has 2 amide bonds. The Labute approximate surface area is 157 Å². The summed E-state index contributed by atoms with van der Waals surface area (Å²) in [6.45, 7) is 1.56. The summed E-state index contributed by atoms with van der Waals surface area (Å²) in [5, 5.41) is 5.54. The van der Waals surface area contributed by atoms with Crippen molar-refractivity contribution in [3.8, 4) is 0 Å². The summed E-state index contributed by atoms with van der Waals surface area (Å²) in [4.78, 5) is 25.0. The second-order valence-corrected chi connectivity index (χ2v) is 6.55. The van der Waals surface area contributed by atoms with Gasteiger partial charge in [-0.1, -0.05) is 42.5 Å². The highest BCUT2D eigenvalue weighted by Crippen LogP contribution is 2.35. The minimum atomic E-state index is -0.616. The first kappa shape index (κ1) is 19.0. The van der Waals surface area contributed by atoms with Crippen LogP contribution in [0, 0.1) is 5.82 Å². The minimum Gasteiger partial charge on any atom is -0.381 e. The van der Waals surface area contributed by atoms with E-state index in [-0.39, 0.29) is 24.6 Å². The smallest absolute Gasteiger partial charge is 0.254 e. The van der Waals surface area contributed by atoms with Crippen molar-refractivity contribution in [1.82, 2.24) is 10.6 Å². The number of carbonyl (C=O) groups excluding carboxylic acids is 2. The predicted molar refractivity (Wildman–Crippen MR) is 99.9 cm³/mol. The number of halogens is 1. The van der Waals surface area contributed by atoms with Crippen LogP contribution in [0.5, 0.6) is 0 Å². The minimum absolute atomic E-state index is 0.00554. The molecule has 1 aliphatic rings. The molecule has 2 aromatic rings. The fraction of sp³-hybridized carbons (Fsp3) is 0.333. The lowest BCUT2D eigenvalue weighted by molar-refractivity contribution is -0.130. The molecule has 27 heavy (non-hydrogen) atoms. The van der Waals surface area contributed by atoms with Crippen LogP contribution in [0.25, 0.3) is 0 Å². The maximum absolute atomic E-state index is 13.6. The summed E-state index contributed by atoms with van der Waals surface area (Å²) in [7, 11) is 0. The van der Waals surface area contributed by atoms with Crippen molar-refractivity contribution in [3.05, 3.63) is 71.5 Å². The molecule has 0 saturated carbocycles. The molecule has 3 rings (SSSR count). The molecule has 0 aromatic heterocycles. The van der Waals surface area contributed by atoms with E-state index in [0.717, 1.165) is 5.56 Å². The fourth-order valence-corrected chi connectivity index (χ4v) is 3.39. The van der Waals surface area contributed by atoms with E-state index in [1.807, 2.05) is 30.3 Å². The molecule has 2 N–H and O–H groups in total. The highest BCUT2D eigenvalue weighted by Gasteiger charge is 2.41. The Hall–Kier alpha value is -2.73. The normalized spacial score (nSPS) is 15.7. The van der Waals surface area contributed by atoms with E-state index in [9.17, 15) is 14.0 Å². The van der Waals surface area contributed by atoms with E-state index in [1.54, 1.807) is 6.07 Å². The predicted octanol–water partition coefficient (Wildman–Crippen LogP) is 2.42. The summed E-state index contributed by atoms with van der Waals surface area (Å²) in [6, 6.07) is 15.5. The second-order valence-electron chi connectivity index (χ2n) is 6.55. The zero-order valence-corrected chi connectivity index (χ0v) is 15.0. The quantitative estimate of drug-likeness (QED) is 0.768. The Balaban J connectivity index is 1.57. The monoisotopic (exact) mass is 370 g/mol. The third-order valence-corrected chi connectivity index (χ3v) is 4.92. The number of nitrogens with one attached hydrogen (secondary N) is 2. The molecule has 1 fully saturated rings. The molecule has 0 radical (unpaired) electrons. The molecular formula is C21H23FN2O3. The number of hydrogen-bond donors (Lipinski definition) is 2. The van der Waals surface area contributed by atoms with E-state index >= 15 is 0 Å². The average molecular weight is 370 g/mol.